The van der Waals surface area contributed by atoms with Crippen LogP contribution in [0.15, 0.2) is 0 Å². The fraction of sp³-hybridized carbons (Fsp3) is 0. The van der Waals surface area contributed by atoms with Crippen LogP contribution in [0.4, 0.5) is 0 Å². The molecule has 0 heterocycles. The van der Waals surface area contributed by atoms with E-state index in [4.69, 9.17) is 0 Å². The Hall–Kier alpha value is 6.97. The molecule has 0 bridgehead atoms. The summed E-state index contributed by atoms with van der Waals surface area (Å²) in [7, 11) is 0. The molecule has 0 N–H and O–H groups in total. The van der Waals surface area contributed by atoms with Crippen LogP contribution in [0.3, 0.4) is 0 Å². The Balaban J connectivity index is 0. The van der Waals surface area contributed by atoms with E-state index in [1.807, 2.05) is 0 Å². The molecule has 7 nitrogen and oxygen atoms in total. The van der Waals surface area contributed by atoms with Gasteiger partial charge in [0.15, 0.2) is 0 Å². The third kappa shape index (κ3) is 112. The molecule has 0 rings (SSSR count). The van der Waals surface area contributed by atoms with Crippen molar-refractivity contribution in [3.63, 3.8) is 0 Å². The quantitative estimate of drug-likeness (QED) is 0.224. The van der Waals surface area contributed by atoms with Crippen LogP contribution in [0.1, 0.15) is 0 Å². The zero-order chi connectivity index (χ0) is 0. The van der Waals surface area contributed by atoms with Crippen LogP contribution < -0.4 is 0 Å². The Morgan fingerprint density at radius 3 is 0.308 bits per heavy atom. The molecule has 0 spiro atoms. The van der Waals surface area contributed by atoms with Gasteiger partial charge < -0.3 is 38.3 Å². The first kappa shape index (κ1) is 148. The monoisotopic (exact) mass is 786 g/mol. The summed E-state index contributed by atoms with van der Waals surface area (Å²) >= 11 is 0. The van der Waals surface area contributed by atoms with E-state index in [1.54, 1.807) is 0 Å². The van der Waals surface area contributed by atoms with Crippen molar-refractivity contribution in [3.05, 3.63) is 0 Å². The van der Waals surface area contributed by atoms with Crippen LogP contribution in [0, 0.1) is 0 Å². The van der Waals surface area contributed by atoms with Crippen molar-refractivity contribution in [1.29, 1.82) is 0 Å². The standard InChI is InChI=1S/2Bi.2Ca.7O.2Sr/q2*+3;2*+2;7*-2;2*+2. The van der Waals surface area contributed by atoms with Gasteiger partial charge in [-0.3, -0.25) is 0 Å². The zero-order valence-electron chi connectivity index (χ0n) is 6.58. The molecule has 4 radical (unpaired) electrons. The second-order valence-corrected chi connectivity index (χ2v) is 0. The van der Waals surface area contributed by atoms with Crippen LogP contribution in [0.5, 0.6) is 0 Å². The zero-order valence-corrected chi connectivity index (χ0v) is 24.9. The van der Waals surface area contributed by atoms with E-state index in [0.29, 0.717) is 0 Å². The maximum Gasteiger partial charge on any atom is 3.00 e. The summed E-state index contributed by atoms with van der Waals surface area (Å²) in [4.78, 5) is 0. The Labute approximate surface area is 249 Å². The van der Waals surface area contributed by atoms with Crippen molar-refractivity contribution in [1.82, 2.24) is 0 Å². The van der Waals surface area contributed by atoms with Crippen molar-refractivity contribution < 1.29 is 38.3 Å². The van der Waals surface area contributed by atoms with Crippen molar-refractivity contribution in [2.45, 2.75) is 0 Å². The molecule has 0 atom stereocenters. The van der Waals surface area contributed by atoms with E-state index in [2.05, 4.69) is 0 Å². The third-order valence-corrected chi connectivity index (χ3v) is 0. The molecule has 0 aliphatic heterocycles. The third-order valence-electron chi connectivity index (χ3n) is 0. The molecule has 0 aromatic carbocycles. The molecule has 0 amide bonds. The molecule has 0 unspecified atom stereocenters. The summed E-state index contributed by atoms with van der Waals surface area (Å²) in [5, 5.41) is 0. The molecule has 0 fully saturated rings. The predicted octanol–water partition coefficient (Wildman–Crippen LogP) is -3.12. The van der Waals surface area contributed by atoms with Crippen LogP contribution in [-0.4, -0.2) is 219 Å². The fourth-order valence-corrected chi connectivity index (χ4v) is 0. The van der Waals surface area contributed by atoms with Crippen molar-refractivity contribution in [2.75, 3.05) is 0 Å². The van der Waals surface area contributed by atoms with Gasteiger partial charge in [-0.05, 0) is 0 Å². The topological polar surface area (TPSA) is 200 Å². The minimum absolute atomic E-state index is 0. The van der Waals surface area contributed by atoms with Gasteiger partial charge in [0.1, 0.15) is 0 Å². The van der Waals surface area contributed by atoms with E-state index >= 15 is 0 Å². The molecule has 0 saturated heterocycles. The molecular weight excluding hydrogens is 785 g/mol. The average Bonchev–Trinajstić information content (AvgIpc) is 0. The van der Waals surface area contributed by atoms with E-state index in [9.17, 15) is 0 Å². The molecule has 0 aliphatic rings. The minimum Gasteiger partial charge on any atom is -2.00 e. The summed E-state index contributed by atoms with van der Waals surface area (Å²) in [5.41, 5.74) is 0. The number of hydrogen-bond acceptors (Lipinski definition) is 0. The molecule has 60 valence electrons. The molecule has 0 aromatic heterocycles. The van der Waals surface area contributed by atoms with Gasteiger partial charge in [0.05, 0.1) is 0 Å². The van der Waals surface area contributed by atoms with E-state index in [0.717, 1.165) is 0 Å². The van der Waals surface area contributed by atoms with Crippen molar-refractivity contribution in [2.24, 2.45) is 0 Å². The van der Waals surface area contributed by atoms with E-state index < -0.39 is 0 Å². The van der Waals surface area contributed by atoms with Crippen molar-refractivity contribution in [3.8, 4) is 0 Å². The van der Waals surface area contributed by atoms with Crippen LogP contribution in [-0.2, 0) is 38.3 Å². The van der Waals surface area contributed by atoms with Gasteiger partial charge in [-0.25, -0.2) is 0 Å². The fourth-order valence-electron chi connectivity index (χ4n) is 0. The first-order valence-electron chi connectivity index (χ1n) is 0. The smallest absolute Gasteiger partial charge is 2.00 e. The Kier molecular flexibility index (Phi) is 1440. The summed E-state index contributed by atoms with van der Waals surface area (Å²) in [6, 6.07) is 0. The van der Waals surface area contributed by atoms with E-state index in [-0.39, 0.29) is 257 Å². The van der Waals surface area contributed by atoms with Crippen LogP contribution >= 0.6 is 0 Å². The van der Waals surface area contributed by atoms with Gasteiger partial charge in [0, 0.05) is 0 Å². The maximum absolute atomic E-state index is 0. The van der Waals surface area contributed by atoms with Crippen LogP contribution in [0.2, 0.25) is 0 Å². The van der Waals surface area contributed by atoms with Gasteiger partial charge in [0.2, 0.25) is 0 Å². The SMILES string of the molecule is [Bi+3].[Bi+3].[Ca+2].[Ca+2].[O-2].[O-2].[O-2].[O-2].[O-2].[O-2].[O-2].[Sr+2].[Sr+2]. The number of rotatable bonds is 0. The molecule has 13 heavy (non-hydrogen) atoms. The van der Waals surface area contributed by atoms with Gasteiger partial charge in [-0.2, -0.15) is 0 Å². The van der Waals surface area contributed by atoms with Crippen LogP contribution in [0.25, 0.3) is 0 Å². The Bertz CT molecular complexity index is 22.5. The molecule has 0 aromatic rings. The van der Waals surface area contributed by atoms with Crippen molar-refractivity contribution >= 4 is 219 Å². The summed E-state index contributed by atoms with van der Waals surface area (Å²) < 4.78 is 0. The minimum atomic E-state index is 0. The Morgan fingerprint density at radius 1 is 0.308 bits per heavy atom. The van der Waals surface area contributed by atoms with Gasteiger partial charge in [0.25, 0.3) is 0 Å². The molecular formula is Bi2Ca2O7Sr2. The predicted molar refractivity (Wildman–Crippen MR) is 39.3 cm³/mol. The first-order chi connectivity index (χ1) is 0. The largest absolute Gasteiger partial charge is 3.00 e. The molecule has 0 saturated carbocycles. The van der Waals surface area contributed by atoms with E-state index in [1.165, 1.54) is 0 Å². The normalized spacial score (nSPS) is 0. The summed E-state index contributed by atoms with van der Waals surface area (Å²) in [5.74, 6) is 0. The van der Waals surface area contributed by atoms with Gasteiger partial charge >= 0.3 is 219 Å². The molecule has 0 aliphatic carbocycles. The summed E-state index contributed by atoms with van der Waals surface area (Å²) in [6.45, 7) is 0. The number of hydrogen-bond donors (Lipinski definition) is 0. The maximum atomic E-state index is 0. The Morgan fingerprint density at radius 2 is 0.308 bits per heavy atom. The molecule has 13 heteroatoms. The second kappa shape index (κ2) is 126. The second-order valence-electron chi connectivity index (χ2n) is 0. The van der Waals surface area contributed by atoms with Gasteiger partial charge in [-0.1, -0.05) is 0 Å². The summed E-state index contributed by atoms with van der Waals surface area (Å²) in [6.07, 6.45) is 0. The first-order valence-corrected chi connectivity index (χ1v) is 0. The average molecular weight is 785 g/mol. The van der Waals surface area contributed by atoms with Gasteiger partial charge in [-0.15, -0.1) is 0 Å².